The molecule has 15 heavy (non-hydrogen) atoms. The van der Waals surface area contributed by atoms with Gasteiger partial charge in [-0.25, -0.2) is 8.78 Å². The Morgan fingerprint density at radius 3 is 2.33 bits per heavy atom. The lowest BCUT2D eigenvalue weighted by atomic mass is 10.1. The Morgan fingerprint density at radius 1 is 1.33 bits per heavy atom. The van der Waals surface area contributed by atoms with E-state index < -0.39 is 17.2 Å². The van der Waals surface area contributed by atoms with Crippen molar-refractivity contribution in [3.8, 4) is 12.3 Å². The standard InChI is InChI=1S/C12H13F2N/c1-4-12(2,3)15-8-9-10(13)6-5-7-11(9)14/h1,5-7,15H,8H2,2-3H3. The predicted molar refractivity (Wildman–Crippen MR) is 56.1 cm³/mol. The summed E-state index contributed by atoms with van der Waals surface area (Å²) in [6.07, 6.45) is 5.25. The lowest BCUT2D eigenvalue weighted by molar-refractivity contribution is 0.463. The second-order valence-electron chi connectivity index (χ2n) is 3.82. The molecule has 0 saturated heterocycles. The maximum absolute atomic E-state index is 13.2. The number of nitrogens with one attached hydrogen (secondary N) is 1. The van der Waals surface area contributed by atoms with Crippen molar-refractivity contribution in [3.63, 3.8) is 0 Å². The molecule has 0 heterocycles. The lowest BCUT2D eigenvalue weighted by Crippen LogP contribution is -2.37. The fraction of sp³-hybridized carbons (Fsp3) is 0.333. The summed E-state index contributed by atoms with van der Waals surface area (Å²) in [4.78, 5) is 0. The molecule has 0 aliphatic carbocycles. The van der Waals surface area contributed by atoms with E-state index in [9.17, 15) is 8.78 Å². The number of rotatable bonds is 3. The van der Waals surface area contributed by atoms with Crippen molar-refractivity contribution in [2.45, 2.75) is 25.9 Å². The van der Waals surface area contributed by atoms with E-state index >= 15 is 0 Å². The minimum absolute atomic E-state index is 0.0147. The number of hydrogen-bond donors (Lipinski definition) is 1. The van der Waals surface area contributed by atoms with Crippen LogP contribution in [0, 0.1) is 24.0 Å². The van der Waals surface area contributed by atoms with Gasteiger partial charge in [-0.2, -0.15) is 0 Å². The third kappa shape index (κ3) is 3.03. The number of terminal acetylenes is 1. The van der Waals surface area contributed by atoms with Gasteiger partial charge in [0.1, 0.15) is 11.6 Å². The molecule has 3 heteroatoms. The minimum Gasteiger partial charge on any atom is -0.297 e. The van der Waals surface area contributed by atoms with Crippen molar-refractivity contribution in [2.75, 3.05) is 0 Å². The molecule has 1 aromatic rings. The molecule has 0 radical (unpaired) electrons. The van der Waals surface area contributed by atoms with E-state index in [2.05, 4.69) is 11.2 Å². The maximum atomic E-state index is 13.2. The van der Waals surface area contributed by atoms with Gasteiger partial charge in [0.2, 0.25) is 0 Å². The Morgan fingerprint density at radius 2 is 1.87 bits per heavy atom. The molecule has 0 amide bonds. The van der Waals surface area contributed by atoms with E-state index in [4.69, 9.17) is 6.42 Å². The Balaban J connectivity index is 2.79. The van der Waals surface area contributed by atoms with E-state index in [1.54, 1.807) is 13.8 Å². The molecule has 0 aromatic heterocycles. The largest absolute Gasteiger partial charge is 0.297 e. The summed E-state index contributed by atoms with van der Waals surface area (Å²) in [7, 11) is 0. The Kier molecular flexibility index (Phi) is 3.43. The summed E-state index contributed by atoms with van der Waals surface area (Å²) in [5, 5.41) is 2.89. The van der Waals surface area contributed by atoms with E-state index in [0.29, 0.717) is 0 Å². The van der Waals surface area contributed by atoms with Gasteiger partial charge in [-0.1, -0.05) is 12.0 Å². The normalized spacial score (nSPS) is 11.1. The molecular weight excluding hydrogens is 196 g/mol. The molecule has 1 aromatic carbocycles. The minimum atomic E-state index is -0.575. The van der Waals surface area contributed by atoms with Crippen LogP contribution >= 0.6 is 0 Å². The van der Waals surface area contributed by atoms with Gasteiger partial charge in [0.15, 0.2) is 0 Å². The van der Waals surface area contributed by atoms with Gasteiger partial charge >= 0.3 is 0 Å². The van der Waals surface area contributed by atoms with Crippen LogP contribution < -0.4 is 5.32 Å². The van der Waals surface area contributed by atoms with Crippen molar-refractivity contribution >= 4 is 0 Å². The average Bonchev–Trinajstić information content (AvgIpc) is 2.17. The molecule has 80 valence electrons. The zero-order chi connectivity index (χ0) is 11.5. The van der Waals surface area contributed by atoms with Gasteiger partial charge in [-0.3, -0.25) is 5.32 Å². The van der Waals surface area contributed by atoms with E-state index in [1.807, 2.05) is 0 Å². The fourth-order valence-corrected chi connectivity index (χ4v) is 1.06. The molecule has 0 atom stereocenters. The lowest BCUT2D eigenvalue weighted by Gasteiger charge is -2.19. The summed E-state index contributed by atoms with van der Waals surface area (Å²) in [6, 6.07) is 3.78. The number of hydrogen-bond acceptors (Lipinski definition) is 1. The first-order valence-corrected chi connectivity index (χ1v) is 4.62. The third-order valence-electron chi connectivity index (χ3n) is 2.13. The van der Waals surface area contributed by atoms with Crippen LogP contribution in [0.3, 0.4) is 0 Å². The smallest absolute Gasteiger partial charge is 0.130 e. The molecule has 0 fully saturated rings. The van der Waals surface area contributed by atoms with Crippen molar-refractivity contribution in [1.82, 2.24) is 5.32 Å². The zero-order valence-electron chi connectivity index (χ0n) is 8.77. The molecule has 0 unspecified atom stereocenters. The zero-order valence-corrected chi connectivity index (χ0v) is 8.77. The topological polar surface area (TPSA) is 12.0 Å². The SMILES string of the molecule is C#CC(C)(C)NCc1c(F)cccc1F. The highest BCUT2D eigenvalue weighted by molar-refractivity contribution is 5.20. The molecule has 1 nitrogen and oxygen atoms in total. The first kappa shape index (κ1) is 11.7. The molecule has 1 N–H and O–H groups in total. The molecule has 0 saturated carbocycles. The van der Waals surface area contributed by atoms with Gasteiger partial charge in [0.25, 0.3) is 0 Å². The molecule has 0 aliphatic rings. The summed E-state index contributed by atoms with van der Waals surface area (Å²) in [6.45, 7) is 3.62. The van der Waals surface area contributed by atoms with Gasteiger partial charge in [-0.05, 0) is 26.0 Å². The fourth-order valence-electron chi connectivity index (χ4n) is 1.06. The monoisotopic (exact) mass is 209 g/mol. The van der Waals surface area contributed by atoms with Crippen LogP contribution in [-0.2, 0) is 6.54 Å². The van der Waals surface area contributed by atoms with Crippen LogP contribution in [0.5, 0.6) is 0 Å². The molecule has 0 spiro atoms. The van der Waals surface area contributed by atoms with Crippen molar-refractivity contribution in [2.24, 2.45) is 0 Å². The summed E-state index contributed by atoms with van der Waals surface area (Å²) in [5.41, 5.74) is -0.560. The number of benzene rings is 1. The van der Waals surface area contributed by atoms with Crippen molar-refractivity contribution < 1.29 is 8.78 Å². The first-order valence-electron chi connectivity index (χ1n) is 4.62. The van der Waals surface area contributed by atoms with Gasteiger partial charge in [0.05, 0.1) is 5.54 Å². The Hall–Kier alpha value is -1.40. The molecule has 0 bridgehead atoms. The van der Waals surface area contributed by atoms with Crippen LogP contribution in [0.25, 0.3) is 0 Å². The highest BCUT2D eigenvalue weighted by atomic mass is 19.1. The Labute approximate surface area is 88.5 Å². The second-order valence-corrected chi connectivity index (χ2v) is 3.82. The van der Waals surface area contributed by atoms with Gasteiger partial charge in [0, 0.05) is 12.1 Å². The first-order chi connectivity index (χ1) is 6.96. The molecule has 0 aliphatic heterocycles. The summed E-state index contributed by atoms with van der Waals surface area (Å²) < 4.78 is 26.4. The maximum Gasteiger partial charge on any atom is 0.130 e. The van der Waals surface area contributed by atoms with Crippen molar-refractivity contribution in [3.05, 3.63) is 35.4 Å². The highest BCUT2D eigenvalue weighted by Crippen LogP contribution is 2.13. The molecular formula is C12H13F2N. The molecule has 1 rings (SSSR count). The summed E-state index contributed by atoms with van der Waals surface area (Å²) in [5.74, 6) is 1.37. The summed E-state index contributed by atoms with van der Waals surface area (Å²) >= 11 is 0. The Bertz CT molecular complexity index is 371. The average molecular weight is 209 g/mol. The van der Waals surface area contributed by atoms with Crippen LogP contribution in [0.15, 0.2) is 18.2 Å². The predicted octanol–water partition coefficient (Wildman–Crippen LogP) is 2.47. The van der Waals surface area contributed by atoms with Crippen LogP contribution in [0.1, 0.15) is 19.4 Å². The highest BCUT2D eigenvalue weighted by Gasteiger charge is 2.15. The second kappa shape index (κ2) is 4.41. The van der Waals surface area contributed by atoms with Gasteiger partial charge in [-0.15, -0.1) is 6.42 Å². The quantitative estimate of drug-likeness (QED) is 0.754. The van der Waals surface area contributed by atoms with E-state index in [1.165, 1.54) is 18.2 Å². The van der Waals surface area contributed by atoms with E-state index in [0.717, 1.165) is 0 Å². The van der Waals surface area contributed by atoms with Gasteiger partial charge < -0.3 is 0 Å². The number of halogens is 2. The van der Waals surface area contributed by atoms with E-state index in [-0.39, 0.29) is 12.1 Å². The van der Waals surface area contributed by atoms with Crippen LogP contribution in [-0.4, -0.2) is 5.54 Å². The van der Waals surface area contributed by atoms with Crippen LogP contribution in [0.4, 0.5) is 8.78 Å². The third-order valence-corrected chi connectivity index (χ3v) is 2.13. The van der Waals surface area contributed by atoms with Crippen molar-refractivity contribution in [1.29, 1.82) is 0 Å². The van der Waals surface area contributed by atoms with Crippen LogP contribution in [0.2, 0.25) is 0 Å².